The number of aryl methyl sites for hydroxylation is 1. The van der Waals surface area contributed by atoms with Crippen molar-refractivity contribution in [2.45, 2.75) is 12.8 Å². The highest BCUT2D eigenvalue weighted by atomic mass is 35.5. The molecule has 4 heteroatoms. The molecule has 0 bridgehead atoms. The van der Waals surface area contributed by atoms with E-state index in [1.165, 1.54) is 5.56 Å². The Kier molecular flexibility index (Phi) is 3.08. The standard InChI is InChI=1S/C11H11Cl2NO/c1-8(15-13)14-7-3-5-9-4-2-6-10(12)11(9)14/h2,4,6H,1,3,5,7H2. The Morgan fingerprint density at radius 3 is 3.00 bits per heavy atom. The molecule has 1 aromatic rings. The first-order chi connectivity index (χ1) is 7.24. The van der Waals surface area contributed by atoms with Crippen molar-refractivity contribution in [1.82, 2.24) is 0 Å². The maximum absolute atomic E-state index is 6.16. The third kappa shape index (κ3) is 1.92. The fourth-order valence-electron chi connectivity index (χ4n) is 1.89. The summed E-state index contributed by atoms with van der Waals surface area (Å²) < 4.78 is 4.65. The summed E-state index contributed by atoms with van der Waals surface area (Å²) in [6, 6.07) is 5.88. The first-order valence-electron chi connectivity index (χ1n) is 4.76. The molecule has 1 aromatic carbocycles. The zero-order chi connectivity index (χ0) is 10.8. The quantitative estimate of drug-likeness (QED) is 0.735. The van der Waals surface area contributed by atoms with Crippen molar-refractivity contribution in [1.29, 1.82) is 0 Å². The molecule has 0 N–H and O–H groups in total. The molecule has 15 heavy (non-hydrogen) atoms. The number of rotatable bonds is 2. The van der Waals surface area contributed by atoms with Crippen LogP contribution in [0.25, 0.3) is 0 Å². The Morgan fingerprint density at radius 1 is 1.47 bits per heavy atom. The van der Waals surface area contributed by atoms with E-state index in [4.69, 9.17) is 23.5 Å². The molecule has 0 amide bonds. The van der Waals surface area contributed by atoms with E-state index in [9.17, 15) is 0 Å². The Balaban J connectivity index is 2.45. The molecule has 0 unspecified atom stereocenters. The molecule has 0 saturated heterocycles. The van der Waals surface area contributed by atoms with E-state index in [1.807, 2.05) is 17.0 Å². The molecule has 0 aliphatic carbocycles. The summed E-state index contributed by atoms with van der Waals surface area (Å²) >= 11 is 11.5. The van der Waals surface area contributed by atoms with Gasteiger partial charge in [0.1, 0.15) is 11.9 Å². The second-order valence-corrected chi connectivity index (χ2v) is 4.04. The maximum Gasteiger partial charge on any atom is 0.210 e. The smallest absolute Gasteiger partial charge is 0.210 e. The molecule has 0 fully saturated rings. The van der Waals surface area contributed by atoms with Crippen LogP contribution in [0.15, 0.2) is 30.7 Å². The summed E-state index contributed by atoms with van der Waals surface area (Å²) in [4.78, 5) is 1.91. The molecule has 0 radical (unpaired) electrons. The second-order valence-electron chi connectivity index (χ2n) is 3.47. The van der Waals surface area contributed by atoms with Crippen LogP contribution in [0.4, 0.5) is 5.69 Å². The minimum atomic E-state index is 0.422. The first-order valence-corrected chi connectivity index (χ1v) is 5.45. The highest BCUT2D eigenvalue weighted by Crippen LogP contribution is 2.36. The topological polar surface area (TPSA) is 12.5 Å². The highest BCUT2D eigenvalue weighted by Gasteiger charge is 2.22. The summed E-state index contributed by atoms with van der Waals surface area (Å²) in [5.74, 6) is 0.422. The first kappa shape index (κ1) is 10.7. The van der Waals surface area contributed by atoms with Gasteiger partial charge in [0, 0.05) is 6.54 Å². The molecule has 1 heterocycles. The number of nitrogens with zero attached hydrogens (tertiary/aromatic N) is 1. The Hall–Kier alpha value is -0.860. The van der Waals surface area contributed by atoms with E-state index in [1.54, 1.807) is 0 Å². The lowest BCUT2D eigenvalue weighted by atomic mass is 10.0. The van der Waals surface area contributed by atoms with Gasteiger partial charge in [-0.1, -0.05) is 23.7 Å². The zero-order valence-electron chi connectivity index (χ0n) is 8.17. The molecule has 0 spiro atoms. The minimum absolute atomic E-state index is 0.422. The third-order valence-electron chi connectivity index (χ3n) is 2.56. The zero-order valence-corrected chi connectivity index (χ0v) is 9.68. The largest absolute Gasteiger partial charge is 0.367 e. The Bertz CT molecular complexity index is 392. The molecular formula is C11H11Cl2NO. The van der Waals surface area contributed by atoms with Crippen LogP contribution in [0.3, 0.4) is 0 Å². The van der Waals surface area contributed by atoms with Crippen LogP contribution < -0.4 is 4.90 Å². The van der Waals surface area contributed by atoms with Crippen molar-refractivity contribution < 1.29 is 4.29 Å². The summed E-state index contributed by atoms with van der Waals surface area (Å²) in [6.45, 7) is 4.59. The van der Waals surface area contributed by atoms with Gasteiger partial charge in [-0.05, 0) is 31.1 Å². The van der Waals surface area contributed by atoms with Gasteiger partial charge in [-0.25, -0.2) is 0 Å². The van der Waals surface area contributed by atoms with Crippen molar-refractivity contribution in [2.75, 3.05) is 11.4 Å². The van der Waals surface area contributed by atoms with Crippen molar-refractivity contribution in [3.05, 3.63) is 41.2 Å². The van der Waals surface area contributed by atoms with Gasteiger partial charge in [0.05, 0.1) is 10.7 Å². The van der Waals surface area contributed by atoms with Crippen LogP contribution in [-0.2, 0) is 10.7 Å². The molecule has 1 aliphatic rings. The molecule has 0 atom stereocenters. The van der Waals surface area contributed by atoms with Gasteiger partial charge < -0.3 is 9.19 Å². The van der Waals surface area contributed by atoms with Crippen LogP contribution in [0, 0.1) is 0 Å². The molecule has 2 nitrogen and oxygen atoms in total. The lowest BCUT2D eigenvalue weighted by molar-refractivity contribution is 0.443. The number of hydrogen-bond donors (Lipinski definition) is 0. The van der Waals surface area contributed by atoms with E-state index in [0.29, 0.717) is 10.9 Å². The highest BCUT2D eigenvalue weighted by molar-refractivity contribution is 6.33. The number of hydrogen-bond acceptors (Lipinski definition) is 2. The predicted octanol–water partition coefficient (Wildman–Crippen LogP) is 3.73. The van der Waals surface area contributed by atoms with Gasteiger partial charge in [0.15, 0.2) is 0 Å². The van der Waals surface area contributed by atoms with E-state index in [2.05, 4.69) is 16.9 Å². The monoisotopic (exact) mass is 243 g/mol. The van der Waals surface area contributed by atoms with Gasteiger partial charge in [-0.3, -0.25) is 0 Å². The number of benzene rings is 1. The maximum atomic E-state index is 6.16. The van der Waals surface area contributed by atoms with Gasteiger partial charge in [-0.2, -0.15) is 0 Å². The number of fused-ring (bicyclic) bond motifs is 1. The van der Waals surface area contributed by atoms with Crippen LogP contribution in [-0.4, -0.2) is 6.54 Å². The third-order valence-corrected chi connectivity index (χ3v) is 3.04. The Labute approximate surface area is 99.2 Å². The van der Waals surface area contributed by atoms with Gasteiger partial charge >= 0.3 is 0 Å². The summed E-state index contributed by atoms with van der Waals surface area (Å²) in [5, 5.41) is 0.710. The van der Waals surface area contributed by atoms with Gasteiger partial charge in [-0.15, -0.1) is 0 Å². The number of anilines is 1. The average Bonchev–Trinajstić information content (AvgIpc) is 2.28. The van der Waals surface area contributed by atoms with Crippen molar-refractivity contribution in [3.8, 4) is 0 Å². The molecule has 2 rings (SSSR count). The van der Waals surface area contributed by atoms with Crippen molar-refractivity contribution in [3.63, 3.8) is 0 Å². The fraction of sp³-hybridized carbons (Fsp3) is 0.273. The number of halogens is 2. The predicted molar refractivity (Wildman–Crippen MR) is 63.2 cm³/mol. The van der Waals surface area contributed by atoms with Crippen LogP contribution in [0.2, 0.25) is 5.02 Å². The van der Waals surface area contributed by atoms with Crippen LogP contribution in [0.1, 0.15) is 12.0 Å². The van der Waals surface area contributed by atoms with Crippen molar-refractivity contribution in [2.24, 2.45) is 0 Å². The van der Waals surface area contributed by atoms with Crippen LogP contribution >= 0.6 is 23.5 Å². The van der Waals surface area contributed by atoms with E-state index in [-0.39, 0.29) is 0 Å². The van der Waals surface area contributed by atoms with E-state index >= 15 is 0 Å². The molecule has 0 aromatic heterocycles. The molecular weight excluding hydrogens is 233 g/mol. The van der Waals surface area contributed by atoms with Gasteiger partial charge in [0.25, 0.3) is 0 Å². The lowest BCUT2D eigenvalue weighted by Gasteiger charge is -2.31. The SMILES string of the molecule is C=C(OCl)N1CCCc2cccc(Cl)c21. The summed E-state index contributed by atoms with van der Waals surface area (Å²) in [5.41, 5.74) is 2.18. The fourth-order valence-corrected chi connectivity index (χ4v) is 2.27. The normalized spacial score (nSPS) is 14.7. The number of para-hydroxylation sites is 1. The van der Waals surface area contributed by atoms with Gasteiger partial charge in [0.2, 0.25) is 5.88 Å². The lowest BCUT2D eigenvalue weighted by Crippen LogP contribution is -2.28. The van der Waals surface area contributed by atoms with E-state index in [0.717, 1.165) is 25.1 Å². The summed E-state index contributed by atoms with van der Waals surface area (Å²) in [6.07, 6.45) is 2.08. The van der Waals surface area contributed by atoms with Crippen molar-refractivity contribution >= 4 is 29.2 Å². The second kappa shape index (κ2) is 4.33. The molecule has 1 aliphatic heterocycles. The van der Waals surface area contributed by atoms with E-state index < -0.39 is 0 Å². The molecule has 0 saturated carbocycles. The average molecular weight is 244 g/mol. The van der Waals surface area contributed by atoms with Crippen LogP contribution in [0.5, 0.6) is 0 Å². The minimum Gasteiger partial charge on any atom is -0.367 e. The Morgan fingerprint density at radius 2 is 2.27 bits per heavy atom. The molecule has 80 valence electrons. The summed E-state index contributed by atoms with van der Waals surface area (Å²) in [7, 11) is 0.